The average molecular weight is 327 g/mol. The molecule has 3 aliphatic rings. The summed E-state index contributed by atoms with van der Waals surface area (Å²) in [4.78, 5) is 15.5. The molecule has 3 nitrogen and oxygen atoms in total. The van der Waals surface area contributed by atoms with Crippen molar-refractivity contribution >= 4 is 5.91 Å². The Morgan fingerprint density at radius 2 is 2.04 bits per heavy atom. The Kier molecular flexibility index (Phi) is 4.62. The maximum Gasteiger partial charge on any atom is 0.226 e. The van der Waals surface area contributed by atoms with E-state index in [1.165, 1.54) is 24.8 Å². The van der Waals surface area contributed by atoms with Gasteiger partial charge in [-0.2, -0.15) is 0 Å². The monoisotopic (exact) mass is 327 g/mol. The minimum absolute atomic E-state index is 0.180. The molecule has 1 aliphatic carbocycles. The number of amides is 1. The zero-order chi connectivity index (χ0) is 16.5. The number of rotatable bonds is 3. The Bertz CT molecular complexity index is 572. The molecule has 1 aromatic carbocycles. The molecule has 130 valence electrons. The van der Waals surface area contributed by atoms with E-state index in [0.717, 1.165) is 32.4 Å². The van der Waals surface area contributed by atoms with E-state index in [1.807, 2.05) is 0 Å². The first-order valence-corrected chi connectivity index (χ1v) is 9.75. The molecule has 1 saturated carbocycles. The van der Waals surface area contributed by atoms with E-state index in [4.69, 9.17) is 4.74 Å². The predicted octanol–water partition coefficient (Wildman–Crippen LogP) is 3.99. The van der Waals surface area contributed by atoms with E-state index < -0.39 is 0 Å². The summed E-state index contributed by atoms with van der Waals surface area (Å²) in [6.07, 6.45) is 6.86. The first-order valence-electron chi connectivity index (χ1n) is 9.75. The molecule has 2 aliphatic heterocycles. The van der Waals surface area contributed by atoms with E-state index in [2.05, 4.69) is 42.2 Å². The van der Waals surface area contributed by atoms with Crippen molar-refractivity contribution in [3.05, 3.63) is 35.9 Å². The lowest BCUT2D eigenvalue weighted by Gasteiger charge is -2.33. The van der Waals surface area contributed by atoms with Gasteiger partial charge in [-0.1, -0.05) is 43.7 Å². The molecule has 0 spiro atoms. The summed E-state index contributed by atoms with van der Waals surface area (Å²) in [5.41, 5.74) is 1.42. The van der Waals surface area contributed by atoms with Crippen LogP contribution in [0.15, 0.2) is 30.3 Å². The minimum Gasteiger partial charge on any atom is -0.378 e. The molecule has 0 radical (unpaired) electrons. The smallest absolute Gasteiger partial charge is 0.226 e. The number of hydrogen-bond donors (Lipinski definition) is 0. The van der Waals surface area contributed by atoms with Gasteiger partial charge in [0.2, 0.25) is 5.91 Å². The Balaban J connectivity index is 1.52. The molecule has 3 fully saturated rings. The number of nitrogens with zero attached hydrogens (tertiary/aromatic N) is 1. The van der Waals surface area contributed by atoms with Gasteiger partial charge < -0.3 is 9.64 Å². The standard InChI is InChI=1S/C21H29NO2/c1-2-17-13-16(11-12-24-17)21(23)22-14-19(15-7-4-3-5-8-15)18-9-6-10-20(18)22/h3-5,7-8,16-20H,2,6,9-14H2,1H3. The lowest BCUT2D eigenvalue weighted by atomic mass is 9.86. The van der Waals surface area contributed by atoms with Crippen LogP contribution >= 0.6 is 0 Å². The van der Waals surface area contributed by atoms with Gasteiger partial charge in [0.05, 0.1) is 6.10 Å². The summed E-state index contributed by atoms with van der Waals surface area (Å²) in [7, 11) is 0. The maximum atomic E-state index is 13.3. The van der Waals surface area contributed by atoms with E-state index in [1.54, 1.807) is 0 Å². The number of hydrogen-bond acceptors (Lipinski definition) is 2. The van der Waals surface area contributed by atoms with Crippen molar-refractivity contribution < 1.29 is 9.53 Å². The summed E-state index contributed by atoms with van der Waals surface area (Å²) in [5, 5.41) is 0. The van der Waals surface area contributed by atoms with Crippen LogP contribution in [0.3, 0.4) is 0 Å². The van der Waals surface area contributed by atoms with Crippen molar-refractivity contribution in [2.24, 2.45) is 11.8 Å². The van der Waals surface area contributed by atoms with Crippen LogP contribution < -0.4 is 0 Å². The van der Waals surface area contributed by atoms with Crippen molar-refractivity contribution in [1.82, 2.24) is 4.90 Å². The summed E-state index contributed by atoms with van der Waals surface area (Å²) in [6, 6.07) is 11.3. The van der Waals surface area contributed by atoms with Crippen molar-refractivity contribution in [3.8, 4) is 0 Å². The van der Waals surface area contributed by atoms with Gasteiger partial charge in [-0.05, 0) is 43.6 Å². The Hall–Kier alpha value is -1.35. The molecule has 24 heavy (non-hydrogen) atoms. The lowest BCUT2D eigenvalue weighted by Crippen LogP contribution is -2.43. The number of benzene rings is 1. The first-order chi connectivity index (χ1) is 11.8. The maximum absolute atomic E-state index is 13.3. The van der Waals surface area contributed by atoms with Gasteiger partial charge in [-0.15, -0.1) is 0 Å². The van der Waals surface area contributed by atoms with Gasteiger partial charge in [0.15, 0.2) is 0 Å². The summed E-state index contributed by atoms with van der Waals surface area (Å²) in [5.74, 6) is 1.79. The van der Waals surface area contributed by atoms with Crippen LogP contribution in [-0.2, 0) is 9.53 Å². The average Bonchev–Trinajstić information content (AvgIpc) is 3.24. The molecule has 2 saturated heterocycles. The highest BCUT2D eigenvalue weighted by Crippen LogP contribution is 2.47. The molecule has 0 N–H and O–H groups in total. The molecular weight excluding hydrogens is 298 g/mol. The number of fused-ring (bicyclic) bond motifs is 1. The highest BCUT2D eigenvalue weighted by Gasteiger charge is 2.48. The van der Waals surface area contributed by atoms with Crippen LogP contribution in [0.2, 0.25) is 0 Å². The highest BCUT2D eigenvalue weighted by molar-refractivity contribution is 5.80. The molecule has 1 amide bonds. The van der Waals surface area contributed by atoms with Gasteiger partial charge in [-0.3, -0.25) is 4.79 Å². The molecular formula is C21H29NO2. The fourth-order valence-electron chi connectivity index (χ4n) is 5.24. The number of carbonyl (C=O) groups is 1. The van der Waals surface area contributed by atoms with Gasteiger partial charge in [0, 0.05) is 31.0 Å². The van der Waals surface area contributed by atoms with Gasteiger partial charge in [0.25, 0.3) is 0 Å². The summed E-state index contributed by atoms with van der Waals surface area (Å²) < 4.78 is 5.78. The van der Waals surface area contributed by atoms with E-state index in [0.29, 0.717) is 23.8 Å². The van der Waals surface area contributed by atoms with Crippen molar-refractivity contribution in [2.75, 3.05) is 13.2 Å². The van der Waals surface area contributed by atoms with Crippen LogP contribution in [0.5, 0.6) is 0 Å². The zero-order valence-electron chi connectivity index (χ0n) is 14.7. The highest BCUT2D eigenvalue weighted by atomic mass is 16.5. The topological polar surface area (TPSA) is 29.5 Å². The van der Waals surface area contributed by atoms with Crippen LogP contribution in [0.4, 0.5) is 0 Å². The van der Waals surface area contributed by atoms with E-state index in [9.17, 15) is 4.79 Å². The van der Waals surface area contributed by atoms with Crippen LogP contribution in [0, 0.1) is 11.8 Å². The van der Waals surface area contributed by atoms with Crippen LogP contribution in [0.25, 0.3) is 0 Å². The van der Waals surface area contributed by atoms with E-state index in [-0.39, 0.29) is 12.0 Å². The number of carbonyl (C=O) groups excluding carboxylic acids is 1. The summed E-state index contributed by atoms with van der Waals surface area (Å²) in [6.45, 7) is 3.83. The fourth-order valence-corrected chi connectivity index (χ4v) is 5.24. The molecule has 5 atom stereocenters. The SMILES string of the molecule is CCC1CC(C(=O)N2CC(c3ccccc3)C3CCCC32)CCO1. The third-order valence-corrected chi connectivity index (χ3v) is 6.52. The van der Waals surface area contributed by atoms with E-state index >= 15 is 0 Å². The third kappa shape index (κ3) is 2.88. The first kappa shape index (κ1) is 16.1. The third-order valence-electron chi connectivity index (χ3n) is 6.52. The molecule has 5 unspecified atom stereocenters. The second kappa shape index (κ2) is 6.87. The predicted molar refractivity (Wildman–Crippen MR) is 94.8 cm³/mol. The fraction of sp³-hybridized carbons (Fsp3) is 0.667. The second-order valence-corrected chi connectivity index (χ2v) is 7.79. The quantitative estimate of drug-likeness (QED) is 0.840. The number of likely N-dealkylation sites (tertiary alicyclic amines) is 1. The van der Waals surface area contributed by atoms with Crippen LogP contribution in [-0.4, -0.2) is 36.1 Å². The van der Waals surface area contributed by atoms with Crippen molar-refractivity contribution in [3.63, 3.8) is 0 Å². The second-order valence-electron chi connectivity index (χ2n) is 7.79. The molecule has 1 aromatic rings. The van der Waals surface area contributed by atoms with Crippen molar-refractivity contribution in [1.29, 1.82) is 0 Å². The Labute approximate surface area is 145 Å². The van der Waals surface area contributed by atoms with Crippen molar-refractivity contribution in [2.45, 2.75) is 63.5 Å². The molecule has 0 aromatic heterocycles. The summed E-state index contributed by atoms with van der Waals surface area (Å²) >= 11 is 0. The minimum atomic E-state index is 0.180. The van der Waals surface area contributed by atoms with Gasteiger partial charge in [0.1, 0.15) is 0 Å². The molecule has 0 bridgehead atoms. The number of ether oxygens (including phenoxy) is 1. The normalized spacial score (nSPS) is 35.9. The molecule has 4 rings (SSSR count). The van der Waals surface area contributed by atoms with Gasteiger partial charge >= 0.3 is 0 Å². The largest absolute Gasteiger partial charge is 0.378 e. The zero-order valence-corrected chi connectivity index (χ0v) is 14.7. The molecule has 2 heterocycles. The molecule has 3 heteroatoms. The Morgan fingerprint density at radius 3 is 2.83 bits per heavy atom. The Morgan fingerprint density at radius 1 is 1.21 bits per heavy atom. The van der Waals surface area contributed by atoms with Gasteiger partial charge in [-0.25, -0.2) is 0 Å². The van der Waals surface area contributed by atoms with Crippen LogP contribution in [0.1, 0.15) is 56.9 Å². The lowest BCUT2D eigenvalue weighted by molar-refractivity contribution is -0.141.